The summed E-state index contributed by atoms with van der Waals surface area (Å²) in [6.07, 6.45) is 0. The van der Waals surface area contributed by atoms with E-state index in [0.29, 0.717) is 6.54 Å². The second kappa shape index (κ2) is 4.71. The number of fused-ring (bicyclic) bond motifs is 1. The number of nitrogens with two attached hydrogens (primary N) is 1. The van der Waals surface area contributed by atoms with Crippen molar-refractivity contribution in [3.63, 3.8) is 0 Å². The Morgan fingerprint density at radius 1 is 1.33 bits per heavy atom. The molecule has 1 aromatic heterocycles. The van der Waals surface area contributed by atoms with Crippen LogP contribution in [0.4, 0.5) is 0 Å². The lowest BCUT2D eigenvalue weighted by Crippen LogP contribution is -2.46. The van der Waals surface area contributed by atoms with Gasteiger partial charge in [0.25, 0.3) is 0 Å². The van der Waals surface area contributed by atoms with Crippen LogP contribution in [0.5, 0.6) is 0 Å². The molecule has 0 amide bonds. The summed E-state index contributed by atoms with van der Waals surface area (Å²) in [5.74, 6) is 0. The summed E-state index contributed by atoms with van der Waals surface area (Å²) >= 11 is 0. The first-order valence-corrected chi connectivity index (χ1v) is 6.27. The van der Waals surface area contributed by atoms with Crippen molar-refractivity contribution in [1.29, 1.82) is 0 Å². The number of hydrogen-bond donors (Lipinski definition) is 1. The molecule has 0 unspecified atom stereocenters. The number of likely N-dealkylation sites (N-methyl/N-ethyl adjacent to an activating group) is 1. The minimum atomic E-state index is -0.0153. The maximum absolute atomic E-state index is 5.81. The molecule has 98 valence electrons. The molecule has 1 heterocycles. The normalized spacial score (nSPS) is 12.6. The molecule has 0 bridgehead atoms. The lowest BCUT2D eigenvalue weighted by Gasteiger charge is -2.34. The standard InChI is InChI=1S/C14H22N4/c1-14(2,10-15)17(3)9-12-11-7-5-6-8-13(11)18(4)16-12/h5-8H,9-10,15H2,1-4H3. The highest BCUT2D eigenvalue weighted by molar-refractivity contribution is 5.81. The maximum atomic E-state index is 5.81. The van der Waals surface area contributed by atoms with Gasteiger partial charge in [0.05, 0.1) is 11.2 Å². The fourth-order valence-corrected chi connectivity index (χ4v) is 2.00. The van der Waals surface area contributed by atoms with Gasteiger partial charge in [-0.2, -0.15) is 5.10 Å². The largest absolute Gasteiger partial charge is 0.329 e. The van der Waals surface area contributed by atoms with Gasteiger partial charge in [-0.3, -0.25) is 9.58 Å². The molecule has 2 N–H and O–H groups in total. The first kappa shape index (κ1) is 13.1. The van der Waals surface area contributed by atoms with E-state index in [1.54, 1.807) is 0 Å². The Hall–Kier alpha value is -1.39. The van der Waals surface area contributed by atoms with E-state index in [4.69, 9.17) is 5.73 Å². The topological polar surface area (TPSA) is 47.1 Å². The zero-order valence-electron chi connectivity index (χ0n) is 11.6. The summed E-state index contributed by atoms with van der Waals surface area (Å²) in [5, 5.41) is 5.83. The summed E-state index contributed by atoms with van der Waals surface area (Å²) in [6.45, 7) is 5.75. The van der Waals surface area contributed by atoms with Crippen LogP contribution in [0.3, 0.4) is 0 Å². The van der Waals surface area contributed by atoms with Gasteiger partial charge in [-0.25, -0.2) is 0 Å². The third-order valence-corrected chi connectivity index (χ3v) is 3.75. The smallest absolute Gasteiger partial charge is 0.0843 e. The summed E-state index contributed by atoms with van der Waals surface area (Å²) < 4.78 is 1.94. The van der Waals surface area contributed by atoms with Gasteiger partial charge in [0.2, 0.25) is 0 Å². The zero-order chi connectivity index (χ0) is 13.3. The minimum absolute atomic E-state index is 0.0153. The predicted octanol–water partition coefficient (Wildman–Crippen LogP) is 1.74. The van der Waals surface area contributed by atoms with Gasteiger partial charge in [-0.1, -0.05) is 18.2 Å². The highest BCUT2D eigenvalue weighted by Gasteiger charge is 2.23. The summed E-state index contributed by atoms with van der Waals surface area (Å²) in [5.41, 5.74) is 8.08. The van der Waals surface area contributed by atoms with Crippen LogP contribution in [0, 0.1) is 0 Å². The third-order valence-electron chi connectivity index (χ3n) is 3.75. The number of aromatic nitrogens is 2. The molecule has 0 atom stereocenters. The molecular weight excluding hydrogens is 224 g/mol. The number of nitrogens with zero attached hydrogens (tertiary/aromatic N) is 3. The van der Waals surface area contributed by atoms with Crippen LogP contribution in [-0.4, -0.2) is 33.8 Å². The van der Waals surface area contributed by atoms with Crippen LogP contribution in [0.25, 0.3) is 10.9 Å². The van der Waals surface area contributed by atoms with Crippen LogP contribution in [0.15, 0.2) is 24.3 Å². The van der Waals surface area contributed by atoms with Gasteiger partial charge in [-0.15, -0.1) is 0 Å². The number of benzene rings is 1. The SMILES string of the molecule is CN(Cc1nn(C)c2ccccc12)C(C)(C)CN. The number of rotatable bonds is 4. The van der Waals surface area contributed by atoms with Crippen LogP contribution >= 0.6 is 0 Å². The van der Waals surface area contributed by atoms with E-state index in [1.165, 1.54) is 10.9 Å². The molecule has 2 rings (SSSR count). The average molecular weight is 246 g/mol. The van der Waals surface area contributed by atoms with Crippen molar-refractivity contribution in [3.8, 4) is 0 Å². The Kier molecular flexibility index (Phi) is 3.41. The zero-order valence-corrected chi connectivity index (χ0v) is 11.6. The number of hydrogen-bond acceptors (Lipinski definition) is 3. The van der Waals surface area contributed by atoms with Crippen molar-refractivity contribution in [1.82, 2.24) is 14.7 Å². The van der Waals surface area contributed by atoms with Crippen LogP contribution in [0.2, 0.25) is 0 Å². The van der Waals surface area contributed by atoms with E-state index in [2.05, 4.69) is 49.1 Å². The highest BCUT2D eigenvalue weighted by Crippen LogP contribution is 2.21. The van der Waals surface area contributed by atoms with Gasteiger partial charge in [-0.05, 0) is 27.0 Å². The van der Waals surface area contributed by atoms with Crippen molar-refractivity contribution in [2.24, 2.45) is 12.8 Å². The van der Waals surface area contributed by atoms with Crippen LogP contribution in [-0.2, 0) is 13.6 Å². The molecule has 0 aliphatic rings. The molecule has 0 radical (unpaired) electrons. The van der Waals surface area contributed by atoms with Crippen LogP contribution < -0.4 is 5.73 Å². The van der Waals surface area contributed by atoms with Gasteiger partial charge < -0.3 is 5.73 Å². The third kappa shape index (κ3) is 2.26. The average Bonchev–Trinajstić information content (AvgIpc) is 2.67. The van der Waals surface area contributed by atoms with E-state index in [9.17, 15) is 0 Å². The first-order valence-electron chi connectivity index (χ1n) is 6.27. The number of para-hydroxylation sites is 1. The van der Waals surface area contributed by atoms with Crippen molar-refractivity contribution in [2.45, 2.75) is 25.9 Å². The molecule has 0 aliphatic heterocycles. The van der Waals surface area contributed by atoms with E-state index in [1.807, 2.05) is 17.8 Å². The molecule has 0 saturated heterocycles. The lowest BCUT2D eigenvalue weighted by atomic mass is 10.0. The molecule has 0 aliphatic carbocycles. The molecule has 1 aromatic carbocycles. The first-order chi connectivity index (χ1) is 8.45. The molecule has 0 spiro atoms. The molecule has 0 fully saturated rings. The Bertz CT molecular complexity index is 542. The van der Waals surface area contributed by atoms with Crippen molar-refractivity contribution >= 4 is 10.9 Å². The Balaban J connectivity index is 2.33. The van der Waals surface area contributed by atoms with E-state index in [0.717, 1.165) is 12.2 Å². The highest BCUT2D eigenvalue weighted by atomic mass is 15.3. The lowest BCUT2D eigenvalue weighted by molar-refractivity contribution is 0.154. The van der Waals surface area contributed by atoms with E-state index < -0.39 is 0 Å². The monoisotopic (exact) mass is 246 g/mol. The fraction of sp³-hybridized carbons (Fsp3) is 0.500. The second-order valence-corrected chi connectivity index (χ2v) is 5.46. The van der Waals surface area contributed by atoms with Crippen molar-refractivity contribution < 1.29 is 0 Å². The van der Waals surface area contributed by atoms with E-state index in [-0.39, 0.29) is 5.54 Å². The fourth-order valence-electron chi connectivity index (χ4n) is 2.00. The molecule has 4 heteroatoms. The Labute approximate surface area is 108 Å². The van der Waals surface area contributed by atoms with Gasteiger partial charge in [0.15, 0.2) is 0 Å². The molecular formula is C14H22N4. The second-order valence-electron chi connectivity index (χ2n) is 5.46. The van der Waals surface area contributed by atoms with Gasteiger partial charge in [0, 0.05) is 31.1 Å². The quantitative estimate of drug-likeness (QED) is 0.894. The minimum Gasteiger partial charge on any atom is -0.329 e. The van der Waals surface area contributed by atoms with Gasteiger partial charge >= 0.3 is 0 Å². The van der Waals surface area contributed by atoms with E-state index >= 15 is 0 Å². The van der Waals surface area contributed by atoms with Crippen LogP contribution in [0.1, 0.15) is 19.5 Å². The summed E-state index contributed by atoms with van der Waals surface area (Å²) in [6, 6.07) is 8.32. The Morgan fingerprint density at radius 3 is 2.67 bits per heavy atom. The number of aryl methyl sites for hydroxylation is 1. The Morgan fingerprint density at radius 2 is 2.00 bits per heavy atom. The molecule has 18 heavy (non-hydrogen) atoms. The molecule has 2 aromatic rings. The van der Waals surface area contributed by atoms with Crippen molar-refractivity contribution in [3.05, 3.63) is 30.0 Å². The summed E-state index contributed by atoms with van der Waals surface area (Å²) in [4.78, 5) is 2.25. The van der Waals surface area contributed by atoms with Crippen molar-refractivity contribution in [2.75, 3.05) is 13.6 Å². The molecule has 0 saturated carbocycles. The van der Waals surface area contributed by atoms with Gasteiger partial charge in [0.1, 0.15) is 0 Å². The maximum Gasteiger partial charge on any atom is 0.0843 e. The molecule has 4 nitrogen and oxygen atoms in total. The predicted molar refractivity (Wildman–Crippen MR) is 75.3 cm³/mol. The summed E-state index contributed by atoms with van der Waals surface area (Å²) in [7, 11) is 4.08.